The summed E-state index contributed by atoms with van der Waals surface area (Å²) in [6.45, 7) is 2.38. The first-order valence-corrected chi connectivity index (χ1v) is 9.65. The summed E-state index contributed by atoms with van der Waals surface area (Å²) >= 11 is 0. The fraction of sp³-hybridized carbons (Fsp3) is 0.562. The van der Waals surface area contributed by atoms with E-state index in [0.29, 0.717) is 25.8 Å². The maximum absolute atomic E-state index is 12.8. The van der Waals surface area contributed by atoms with Gasteiger partial charge in [-0.1, -0.05) is 12.1 Å². The van der Waals surface area contributed by atoms with Crippen molar-refractivity contribution in [3.8, 4) is 0 Å². The van der Waals surface area contributed by atoms with Gasteiger partial charge in [0.05, 0.1) is 11.5 Å². The van der Waals surface area contributed by atoms with Crippen molar-refractivity contribution in [2.45, 2.75) is 32.2 Å². The molecule has 2 rings (SSSR count). The van der Waals surface area contributed by atoms with Gasteiger partial charge in [0.25, 0.3) is 0 Å². The number of benzene rings is 1. The minimum absolute atomic E-state index is 0.0767. The topological polar surface area (TPSA) is 75.3 Å². The van der Waals surface area contributed by atoms with Crippen molar-refractivity contribution in [3.63, 3.8) is 0 Å². The number of amides is 2. The van der Waals surface area contributed by atoms with Crippen molar-refractivity contribution < 1.29 is 17.6 Å². The van der Waals surface area contributed by atoms with Crippen LogP contribution < -0.4 is 10.6 Å². The van der Waals surface area contributed by atoms with Crippen LogP contribution in [-0.4, -0.2) is 38.5 Å². The summed E-state index contributed by atoms with van der Waals surface area (Å²) in [5.41, 5.74) is 0.955. The fourth-order valence-corrected chi connectivity index (χ4v) is 4.27. The van der Waals surface area contributed by atoms with Crippen LogP contribution in [0.4, 0.5) is 9.18 Å². The van der Waals surface area contributed by atoms with Crippen LogP contribution in [0.3, 0.4) is 0 Å². The van der Waals surface area contributed by atoms with Crippen LogP contribution in [0.2, 0.25) is 0 Å². The minimum atomic E-state index is -2.87. The van der Waals surface area contributed by atoms with Crippen molar-refractivity contribution in [2.75, 3.05) is 18.1 Å². The summed E-state index contributed by atoms with van der Waals surface area (Å²) in [6.07, 6.45) is 1.83. The van der Waals surface area contributed by atoms with Crippen LogP contribution in [0.25, 0.3) is 0 Å². The lowest BCUT2D eigenvalue weighted by molar-refractivity contribution is 0.235. The predicted molar refractivity (Wildman–Crippen MR) is 87.5 cm³/mol. The third-order valence-corrected chi connectivity index (χ3v) is 5.77. The molecule has 1 saturated heterocycles. The quantitative estimate of drug-likeness (QED) is 0.858. The van der Waals surface area contributed by atoms with Crippen LogP contribution in [-0.2, 0) is 16.3 Å². The molecule has 1 aliphatic heterocycles. The highest BCUT2D eigenvalue weighted by molar-refractivity contribution is 7.91. The summed E-state index contributed by atoms with van der Waals surface area (Å²) in [5.74, 6) is 0.363. The van der Waals surface area contributed by atoms with Gasteiger partial charge in [0.2, 0.25) is 0 Å². The van der Waals surface area contributed by atoms with E-state index >= 15 is 0 Å². The van der Waals surface area contributed by atoms with Crippen LogP contribution in [0, 0.1) is 11.7 Å². The van der Waals surface area contributed by atoms with Gasteiger partial charge in [0, 0.05) is 12.6 Å². The Bertz CT molecular complexity index is 617. The molecule has 23 heavy (non-hydrogen) atoms. The standard InChI is InChI=1S/C16H23FN2O3S/c1-12(10-13-2-4-15(17)5-3-13)19-16(20)18-11-14-6-8-23(21,22)9-7-14/h2-5,12,14H,6-11H2,1H3,(H2,18,19,20)/t12-/m0/s1. The van der Waals surface area contributed by atoms with Crippen molar-refractivity contribution in [3.05, 3.63) is 35.6 Å². The number of carbonyl (C=O) groups is 1. The number of halogens is 1. The molecule has 1 aromatic rings. The Morgan fingerprint density at radius 1 is 1.26 bits per heavy atom. The van der Waals surface area contributed by atoms with Gasteiger partial charge in [-0.3, -0.25) is 0 Å². The van der Waals surface area contributed by atoms with Crippen molar-refractivity contribution >= 4 is 15.9 Å². The number of rotatable bonds is 5. The number of hydrogen-bond acceptors (Lipinski definition) is 3. The molecule has 0 saturated carbocycles. The molecule has 0 aliphatic carbocycles. The van der Waals surface area contributed by atoms with Gasteiger partial charge >= 0.3 is 6.03 Å². The normalized spacial score (nSPS) is 19.0. The minimum Gasteiger partial charge on any atom is -0.338 e. The van der Waals surface area contributed by atoms with Gasteiger partial charge in [0.1, 0.15) is 15.7 Å². The van der Waals surface area contributed by atoms with Crippen LogP contribution in [0.5, 0.6) is 0 Å². The van der Waals surface area contributed by atoms with E-state index in [-0.39, 0.29) is 35.3 Å². The van der Waals surface area contributed by atoms with Crippen LogP contribution in [0.15, 0.2) is 24.3 Å². The van der Waals surface area contributed by atoms with E-state index < -0.39 is 9.84 Å². The van der Waals surface area contributed by atoms with Crippen LogP contribution >= 0.6 is 0 Å². The second kappa shape index (κ2) is 7.77. The van der Waals surface area contributed by atoms with Crippen molar-refractivity contribution in [1.82, 2.24) is 10.6 Å². The number of carbonyl (C=O) groups excluding carboxylic acids is 1. The molecule has 0 aromatic heterocycles. The molecular weight excluding hydrogens is 319 g/mol. The van der Waals surface area contributed by atoms with Gasteiger partial charge in [-0.25, -0.2) is 17.6 Å². The molecule has 1 aromatic carbocycles. The van der Waals surface area contributed by atoms with Gasteiger partial charge in [-0.05, 0) is 49.8 Å². The van der Waals surface area contributed by atoms with Crippen LogP contribution in [0.1, 0.15) is 25.3 Å². The highest BCUT2D eigenvalue weighted by atomic mass is 32.2. The zero-order valence-electron chi connectivity index (χ0n) is 13.2. The molecule has 128 valence electrons. The lowest BCUT2D eigenvalue weighted by Gasteiger charge is -2.22. The SMILES string of the molecule is C[C@@H](Cc1ccc(F)cc1)NC(=O)NCC1CCS(=O)(=O)CC1. The molecule has 5 nitrogen and oxygen atoms in total. The van der Waals surface area contributed by atoms with Gasteiger partial charge in [0.15, 0.2) is 0 Å². The molecule has 0 unspecified atom stereocenters. The van der Waals surface area contributed by atoms with Gasteiger partial charge in [-0.15, -0.1) is 0 Å². The molecule has 2 N–H and O–H groups in total. The molecule has 0 bridgehead atoms. The number of urea groups is 1. The number of sulfone groups is 1. The number of hydrogen-bond donors (Lipinski definition) is 2. The highest BCUT2D eigenvalue weighted by Crippen LogP contribution is 2.17. The first-order valence-electron chi connectivity index (χ1n) is 7.83. The Hall–Kier alpha value is -1.63. The Balaban J connectivity index is 1.69. The fourth-order valence-electron chi connectivity index (χ4n) is 2.68. The summed E-state index contributed by atoms with van der Waals surface area (Å²) in [4.78, 5) is 11.9. The molecule has 2 amide bonds. The summed E-state index contributed by atoms with van der Waals surface area (Å²) in [7, 11) is -2.87. The summed E-state index contributed by atoms with van der Waals surface area (Å²) < 4.78 is 35.5. The molecule has 1 fully saturated rings. The third kappa shape index (κ3) is 6.17. The molecule has 1 atom stereocenters. The van der Waals surface area contributed by atoms with Gasteiger partial charge in [-0.2, -0.15) is 0 Å². The zero-order chi connectivity index (χ0) is 16.9. The largest absolute Gasteiger partial charge is 0.338 e. The highest BCUT2D eigenvalue weighted by Gasteiger charge is 2.23. The third-order valence-electron chi connectivity index (χ3n) is 4.06. The monoisotopic (exact) mass is 342 g/mol. The second-order valence-corrected chi connectivity index (χ2v) is 8.48. The first-order chi connectivity index (χ1) is 10.8. The summed E-state index contributed by atoms with van der Waals surface area (Å²) in [5, 5.41) is 5.64. The summed E-state index contributed by atoms with van der Waals surface area (Å²) in [6, 6.07) is 5.88. The second-order valence-electron chi connectivity index (χ2n) is 6.18. The zero-order valence-corrected chi connectivity index (χ0v) is 14.0. The molecule has 1 aliphatic rings. The Kier molecular flexibility index (Phi) is 5.98. The lowest BCUT2D eigenvalue weighted by Crippen LogP contribution is -2.44. The van der Waals surface area contributed by atoms with E-state index in [2.05, 4.69) is 10.6 Å². The van der Waals surface area contributed by atoms with Crippen molar-refractivity contribution in [2.24, 2.45) is 5.92 Å². The Morgan fingerprint density at radius 2 is 1.87 bits per heavy atom. The van der Waals surface area contributed by atoms with E-state index in [4.69, 9.17) is 0 Å². The molecule has 7 heteroatoms. The van der Waals surface area contributed by atoms with E-state index in [1.165, 1.54) is 12.1 Å². The molecule has 0 spiro atoms. The van der Waals surface area contributed by atoms with Crippen molar-refractivity contribution in [1.29, 1.82) is 0 Å². The number of nitrogens with one attached hydrogen (secondary N) is 2. The van der Waals surface area contributed by atoms with E-state index in [0.717, 1.165) is 5.56 Å². The smallest absolute Gasteiger partial charge is 0.315 e. The molecular formula is C16H23FN2O3S. The van der Waals surface area contributed by atoms with E-state index in [1.807, 2.05) is 6.92 Å². The molecule has 0 radical (unpaired) electrons. The van der Waals surface area contributed by atoms with Gasteiger partial charge < -0.3 is 10.6 Å². The average molecular weight is 342 g/mol. The first kappa shape index (κ1) is 17.7. The Morgan fingerprint density at radius 3 is 2.48 bits per heavy atom. The maximum Gasteiger partial charge on any atom is 0.315 e. The maximum atomic E-state index is 12.8. The Labute approximate surface area is 136 Å². The average Bonchev–Trinajstić information content (AvgIpc) is 2.48. The lowest BCUT2D eigenvalue weighted by atomic mass is 10.0. The van der Waals surface area contributed by atoms with E-state index in [1.54, 1.807) is 12.1 Å². The van der Waals surface area contributed by atoms with E-state index in [9.17, 15) is 17.6 Å². The molecule has 1 heterocycles. The predicted octanol–water partition coefficient (Wildman–Crippen LogP) is 1.88.